The Morgan fingerprint density at radius 1 is 1.06 bits per heavy atom. The summed E-state index contributed by atoms with van der Waals surface area (Å²) in [6, 6.07) is 10.0. The van der Waals surface area contributed by atoms with Gasteiger partial charge in [-0.05, 0) is 20.8 Å². The predicted octanol–water partition coefficient (Wildman–Crippen LogP) is 2.99. The summed E-state index contributed by atoms with van der Waals surface area (Å²) in [5.74, 6) is 0.859. The first-order valence-electron chi connectivity index (χ1n) is 5.20. The lowest BCUT2D eigenvalue weighted by Gasteiger charge is -2.23. The molecule has 2 rings (SSSR count). The van der Waals surface area contributed by atoms with Crippen molar-refractivity contribution in [2.45, 2.75) is 31.5 Å². The number of hydrogen-bond acceptors (Lipinski definition) is 3. The molecule has 0 radical (unpaired) electrons. The molecule has 0 bridgehead atoms. The minimum Gasteiger partial charge on any atom is -0.297 e. The molecule has 0 atom stereocenters. The van der Waals surface area contributed by atoms with Gasteiger partial charge in [0.2, 0.25) is 0 Å². The summed E-state index contributed by atoms with van der Waals surface area (Å²) in [6.45, 7) is 6.34. The lowest BCUT2D eigenvalue weighted by molar-refractivity contribution is 0.372. The summed E-state index contributed by atoms with van der Waals surface area (Å²) >= 11 is 4.35. The average Bonchev–Trinajstić information content (AvgIpc) is 2.61. The van der Waals surface area contributed by atoms with Crippen LogP contribution in [0.15, 0.2) is 35.5 Å². The zero-order valence-electron chi connectivity index (χ0n) is 9.68. The van der Waals surface area contributed by atoms with Crippen molar-refractivity contribution in [2.75, 3.05) is 0 Å². The van der Waals surface area contributed by atoms with E-state index < -0.39 is 0 Å². The summed E-state index contributed by atoms with van der Waals surface area (Å²) < 4.78 is 2.03. The highest BCUT2D eigenvalue weighted by Crippen LogP contribution is 2.26. The second-order valence-electron chi connectivity index (χ2n) is 4.70. The summed E-state index contributed by atoms with van der Waals surface area (Å²) in [5.41, 5.74) is 0.983. The van der Waals surface area contributed by atoms with Crippen molar-refractivity contribution in [3.8, 4) is 11.4 Å². The normalized spacial score (nSPS) is 11.8. The van der Waals surface area contributed by atoms with E-state index in [1.807, 2.05) is 34.9 Å². The lowest BCUT2D eigenvalue weighted by Crippen LogP contribution is -2.23. The van der Waals surface area contributed by atoms with Crippen molar-refractivity contribution in [2.24, 2.45) is 0 Å². The number of thiol groups is 1. The van der Waals surface area contributed by atoms with E-state index in [1.165, 1.54) is 0 Å². The Bertz CT molecular complexity index is 483. The Morgan fingerprint density at radius 2 is 1.69 bits per heavy atom. The molecule has 2 aromatic rings. The molecule has 0 N–H and O–H groups in total. The molecule has 16 heavy (non-hydrogen) atoms. The van der Waals surface area contributed by atoms with E-state index in [0.29, 0.717) is 5.16 Å². The van der Waals surface area contributed by atoms with Gasteiger partial charge in [-0.2, -0.15) is 0 Å². The Balaban J connectivity index is 2.60. The SMILES string of the molecule is CC(C)(C)n1c(S)nnc1-c1ccccc1. The van der Waals surface area contributed by atoms with Crippen LogP contribution in [-0.4, -0.2) is 14.8 Å². The van der Waals surface area contributed by atoms with Crippen molar-refractivity contribution in [3.63, 3.8) is 0 Å². The van der Waals surface area contributed by atoms with Gasteiger partial charge in [0.05, 0.1) is 0 Å². The van der Waals surface area contributed by atoms with Crippen LogP contribution in [0.3, 0.4) is 0 Å². The third-order valence-corrected chi connectivity index (χ3v) is 2.64. The predicted molar refractivity (Wildman–Crippen MR) is 67.7 cm³/mol. The van der Waals surface area contributed by atoms with Crippen LogP contribution in [0, 0.1) is 0 Å². The van der Waals surface area contributed by atoms with Gasteiger partial charge in [0, 0.05) is 11.1 Å². The van der Waals surface area contributed by atoms with Crippen LogP contribution < -0.4 is 0 Å². The number of nitrogens with zero attached hydrogens (tertiary/aromatic N) is 3. The zero-order chi connectivity index (χ0) is 11.8. The van der Waals surface area contributed by atoms with Crippen molar-refractivity contribution >= 4 is 12.6 Å². The minimum absolute atomic E-state index is 0.0776. The Hall–Kier alpha value is -1.29. The van der Waals surface area contributed by atoms with Crippen LogP contribution in [-0.2, 0) is 5.54 Å². The van der Waals surface area contributed by atoms with Gasteiger partial charge in [0.1, 0.15) is 0 Å². The van der Waals surface area contributed by atoms with Gasteiger partial charge in [0.15, 0.2) is 11.0 Å². The molecule has 0 amide bonds. The van der Waals surface area contributed by atoms with Gasteiger partial charge in [-0.1, -0.05) is 30.3 Å². The van der Waals surface area contributed by atoms with Crippen molar-refractivity contribution in [1.29, 1.82) is 0 Å². The third kappa shape index (κ3) is 1.97. The maximum atomic E-state index is 4.35. The first-order chi connectivity index (χ1) is 7.50. The molecular weight excluding hydrogens is 218 g/mol. The maximum Gasteiger partial charge on any atom is 0.188 e. The maximum absolute atomic E-state index is 4.35. The molecule has 1 aromatic carbocycles. The van der Waals surface area contributed by atoms with E-state index >= 15 is 0 Å². The molecular formula is C12H15N3S. The topological polar surface area (TPSA) is 30.7 Å². The van der Waals surface area contributed by atoms with Gasteiger partial charge in [-0.15, -0.1) is 22.8 Å². The highest BCUT2D eigenvalue weighted by Gasteiger charge is 2.21. The largest absolute Gasteiger partial charge is 0.297 e. The number of benzene rings is 1. The van der Waals surface area contributed by atoms with Crippen LogP contribution in [0.2, 0.25) is 0 Å². The van der Waals surface area contributed by atoms with Crippen LogP contribution in [0.25, 0.3) is 11.4 Å². The molecule has 3 nitrogen and oxygen atoms in total. The molecule has 0 unspecified atom stereocenters. The average molecular weight is 233 g/mol. The van der Waals surface area contributed by atoms with E-state index in [0.717, 1.165) is 11.4 Å². The monoisotopic (exact) mass is 233 g/mol. The number of hydrogen-bond donors (Lipinski definition) is 1. The lowest BCUT2D eigenvalue weighted by atomic mass is 10.1. The fourth-order valence-corrected chi connectivity index (χ4v) is 2.11. The van der Waals surface area contributed by atoms with Crippen molar-refractivity contribution in [1.82, 2.24) is 14.8 Å². The van der Waals surface area contributed by atoms with Crippen LogP contribution in [0.1, 0.15) is 20.8 Å². The molecule has 0 aliphatic carbocycles. The second kappa shape index (κ2) is 3.94. The molecule has 4 heteroatoms. The van der Waals surface area contributed by atoms with Gasteiger partial charge >= 0.3 is 0 Å². The van der Waals surface area contributed by atoms with Crippen molar-refractivity contribution in [3.05, 3.63) is 30.3 Å². The van der Waals surface area contributed by atoms with E-state index in [2.05, 4.69) is 43.6 Å². The summed E-state index contributed by atoms with van der Waals surface area (Å²) in [7, 11) is 0. The molecule has 0 spiro atoms. The molecule has 0 aliphatic rings. The second-order valence-corrected chi connectivity index (χ2v) is 5.10. The first kappa shape index (κ1) is 11.2. The zero-order valence-corrected chi connectivity index (χ0v) is 10.6. The van der Waals surface area contributed by atoms with E-state index in [-0.39, 0.29) is 5.54 Å². The van der Waals surface area contributed by atoms with Gasteiger partial charge in [-0.3, -0.25) is 4.57 Å². The molecule has 0 saturated heterocycles. The van der Waals surface area contributed by atoms with Crippen LogP contribution >= 0.6 is 12.6 Å². The number of aromatic nitrogens is 3. The fourth-order valence-electron chi connectivity index (χ4n) is 1.67. The molecule has 0 saturated carbocycles. The molecule has 84 valence electrons. The first-order valence-corrected chi connectivity index (χ1v) is 5.65. The molecule has 1 heterocycles. The highest BCUT2D eigenvalue weighted by molar-refractivity contribution is 7.80. The Kier molecular flexibility index (Phi) is 2.76. The van der Waals surface area contributed by atoms with Crippen LogP contribution in [0.5, 0.6) is 0 Å². The highest BCUT2D eigenvalue weighted by atomic mass is 32.1. The van der Waals surface area contributed by atoms with E-state index in [9.17, 15) is 0 Å². The third-order valence-electron chi connectivity index (χ3n) is 2.35. The summed E-state index contributed by atoms with van der Waals surface area (Å²) in [6.07, 6.45) is 0. The summed E-state index contributed by atoms with van der Waals surface area (Å²) in [4.78, 5) is 0. The van der Waals surface area contributed by atoms with E-state index in [4.69, 9.17) is 0 Å². The quantitative estimate of drug-likeness (QED) is 0.768. The molecule has 0 aliphatic heterocycles. The van der Waals surface area contributed by atoms with Gasteiger partial charge < -0.3 is 0 Å². The van der Waals surface area contributed by atoms with Gasteiger partial charge in [0.25, 0.3) is 0 Å². The summed E-state index contributed by atoms with van der Waals surface area (Å²) in [5, 5.41) is 8.87. The van der Waals surface area contributed by atoms with Gasteiger partial charge in [-0.25, -0.2) is 0 Å². The van der Waals surface area contributed by atoms with Crippen molar-refractivity contribution < 1.29 is 0 Å². The Labute approximate surface area is 101 Å². The van der Waals surface area contributed by atoms with E-state index in [1.54, 1.807) is 0 Å². The fraction of sp³-hybridized carbons (Fsp3) is 0.333. The molecule has 1 aromatic heterocycles. The standard InChI is InChI=1S/C12H15N3S/c1-12(2,3)15-10(13-14-11(15)16)9-7-5-4-6-8-9/h4-8H,1-3H3,(H,14,16). The minimum atomic E-state index is -0.0776. The molecule has 0 fully saturated rings. The van der Waals surface area contributed by atoms with Crippen LogP contribution in [0.4, 0.5) is 0 Å². The smallest absolute Gasteiger partial charge is 0.188 e. The Morgan fingerprint density at radius 3 is 2.25 bits per heavy atom. The number of rotatable bonds is 1.